The van der Waals surface area contributed by atoms with Gasteiger partial charge in [-0.25, -0.2) is 4.72 Å². The van der Waals surface area contributed by atoms with Crippen LogP contribution in [0.3, 0.4) is 0 Å². The highest BCUT2D eigenvalue weighted by Gasteiger charge is 2.46. The predicted molar refractivity (Wildman–Crippen MR) is 61.6 cm³/mol. The van der Waals surface area contributed by atoms with Crippen molar-refractivity contribution in [3.8, 4) is 0 Å². The monoisotopic (exact) mass is 262 g/mol. The normalized spacial score (nSPS) is 33.8. The molecule has 0 aromatic carbocycles. The number of carboxylic acids is 1. The summed E-state index contributed by atoms with van der Waals surface area (Å²) in [6.45, 7) is 0. The molecular formula is C10H18N2O4S. The number of carboxylic acid groups (broad SMARTS) is 1. The molecule has 0 spiro atoms. The zero-order valence-corrected chi connectivity index (χ0v) is 10.6. The molecule has 2 aliphatic rings. The van der Waals surface area contributed by atoms with E-state index < -0.39 is 16.2 Å². The summed E-state index contributed by atoms with van der Waals surface area (Å²) in [6.07, 6.45) is 3.19. The van der Waals surface area contributed by atoms with E-state index in [4.69, 9.17) is 5.11 Å². The van der Waals surface area contributed by atoms with Gasteiger partial charge in [-0.15, -0.1) is 0 Å². The molecule has 2 rings (SSSR count). The van der Waals surface area contributed by atoms with Crippen molar-refractivity contribution in [2.24, 2.45) is 5.92 Å². The molecule has 0 radical (unpaired) electrons. The highest BCUT2D eigenvalue weighted by molar-refractivity contribution is 7.87. The van der Waals surface area contributed by atoms with Crippen molar-refractivity contribution >= 4 is 16.2 Å². The van der Waals surface area contributed by atoms with E-state index in [2.05, 4.69) is 4.72 Å². The minimum absolute atomic E-state index is 0.0180. The van der Waals surface area contributed by atoms with Crippen LogP contribution < -0.4 is 4.72 Å². The Hall–Kier alpha value is -0.660. The molecule has 0 aromatic rings. The van der Waals surface area contributed by atoms with Crippen molar-refractivity contribution in [1.29, 1.82) is 0 Å². The van der Waals surface area contributed by atoms with Crippen molar-refractivity contribution in [3.05, 3.63) is 0 Å². The first kappa shape index (κ1) is 12.8. The molecule has 2 saturated heterocycles. The Morgan fingerprint density at radius 1 is 1.35 bits per heavy atom. The van der Waals surface area contributed by atoms with Gasteiger partial charge in [-0.05, 0) is 31.6 Å². The van der Waals surface area contributed by atoms with Crippen molar-refractivity contribution in [1.82, 2.24) is 9.03 Å². The highest BCUT2D eigenvalue weighted by atomic mass is 32.2. The highest BCUT2D eigenvalue weighted by Crippen LogP contribution is 2.41. The zero-order valence-electron chi connectivity index (χ0n) is 9.80. The number of hydrogen-bond acceptors (Lipinski definition) is 3. The number of nitrogens with one attached hydrogen (secondary N) is 1. The van der Waals surface area contributed by atoms with Gasteiger partial charge in [-0.2, -0.15) is 12.7 Å². The lowest BCUT2D eigenvalue weighted by Crippen LogP contribution is -2.50. The van der Waals surface area contributed by atoms with Crippen LogP contribution in [0.5, 0.6) is 0 Å². The molecule has 0 saturated carbocycles. The summed E-state index contributed by atoms with van der Waals surface area (Å²) in [6, 6.07) is -0.0360. The first-order valence-electron chi connectivity index (χ1n) is 5.88. The van der Waals surface area contributed by atoms with Crippen LogP contribution in [-0.4, -0.2) is 42.9 Å². The summed E-state index contributed by atoms with van der Waals surface area (Å²) in [4.78, 5) is 10.7. The standard InChI is InChI=1S/C10H18N2O4S/c1-11-17(15,16)12-8-2-3-9(12)5-7(4-8)6-10(13)14/h7-9,11H,2-6H2,1H3,(H,13,14). The maximum absolute atomic E-state index is 11.8. The number of fused-ring (bicyclic) bond motifs is 2. The minimum Gasteiger partial charge on any atom is -0.481 e. The molecule has 6 nitrogen and oxygen atoms in total. The third-order valence-corrected chi connectivity index (χ3v) is 5.43. The van der Waals surface area contributed by atoms with E-state index in [0.717, 1.165) is 12.8 Å². The second kappa shape index (κ2) is 4.55. The van der Waals surface area contributed by atoms with Crippen LogP contribution in [0.4, 0.5) is 0 Å². The van der Waals surface area contributed by atoms with E-state index in [1.807, 2.05) is 0 Å². The fourth-order valence-electron chi connectivity index (χ4n) is 3.16. The molecule has 0 aromatic heterocycles. The molecule has 2 N–H and O–H groups in total. The van der Waals surface area contributed by atoms with Crippen molar-refractivity contribution in [3.63, 3.8) is 0 Å². The van der Waals surface area contributed by atoms with Crippen LogP contribution in [0.1, 0.15) is 32.1 Å². The third kappa shape index (κ3) is 2.46. The molecular weight excluding hydrogens is 244 g/mol. The molecule has 2 fully saturated rings. The molecule has 2 bridgehead atoms. The van der Waals surface area contributed by atoms with Gasteiger partial charge in [0.05, 0.1) is 0 Å². The van der Waals surface area contributed by atoms with Crippen molar-refractivity contribution < 1.29 is 18.3 Å². The zero-order chi connectivity index (χ0) is 12.6. The fourth-order valence-corrected chi connectivity index (χ4v) is 4.54. The Balaban J connectivity index is 2.11. The molecule has 7 heteroatoms. The lowest BCUT2D eigenvalue weighted by Gasteiger charge is -2.37. The molecule has 2 atom stereocenters. The Labute approximate surface area is 101 Å². The van der Waals surface area contributed by atoms with E-state index in [0.29, 0.717) is 12.8 Å². The van der Waals surface area contributed by atoms with Gasteiger partial charge in [0, 0.05) is 25.6 Å². The number of piperidine rings is 1. The third-order valence-electron chi connectivity index (χ3n) is 3.76. The van der Waals surface area contributed by atoms with Gasteiger partial charge in [-0.3, -0.25) is 4.79 Å². The summed E-state index contributed by atoms with van der Waals surface area (Å²) >= 11 is 0. The molecule has 2 aliphatic heterocycles. The van der Waals surface area contributed by atoms with Crippen molar-refractivity contribution in [2.45, 2.75) is 44.2 Å². The van der Waals surface area contributed by atoms with Crippen LogP contribution in [0, 0.1) is 5.92 Å². The van der Waals surface area contributed by atoms with Crippen molar-refractivity contribution in [2.75, 3.05) is 7.05 Å². The van der Waals surface area contributed by atoms with Gasteiger partial charge in [0.25, 0.3) is 10.2 Å². The van der Waals surface area contributed by atoms with Crippen LogP contribution in [0.15, 0.2) is 0 Å². The number of rotatable bonds is 4. The van der Waals surface area contributed by atoms with Crippen LogP contribution in [0.25, 0.3) is 0 Å². The van der Waals surface area contributed by atoms with Gasteiger partial charge in [0.15, 0.2) is 0 Å². The molecule has 98 valence electrons. The van der Waals surface area contributed by atoms with Gasteiger partial charge in [-0.1, -0.05) is 0 Å². The van der Waals surface area contributed by atoms with Crippen LogP contribution in [-0.2, 0) is 15.0 Å². The summed E-state index contributed by atoms with van der Waals surface area (Å²) < 4.78 is 27.6. The lowest BCUT2D eigenvalue weighted by molar-refractivity contribution is -0.138. The van der Waals surface area contributed by atoms with Crippen LogP contribution >= 0.6 is 0 Å². The molecule has 0 amide bonds. The fraction of sp³-hybridized carbons (Fsp3) is 0.900. The summed E-state index contributed by atoms with van der Waals surface area (Å²) in [7, 11) is -1.96. The smallest absolute Gasteiger partial charge is 0.303 e. The first-order valence-corrected chi connectivity index (χ1v) is 7.32. The quantitative estimate of drug-likeness (QED) is 0.756. The predicted octanol–water partition coefficient (Wildman–Crippen LogP) is 0.168. The maximum Gasteiger partial charge on any atom is 0.303 e. The number of aliphatic carboxylic acids is 1. The maximum atomic E-state index is 11.8. The topological polar surface area (TPSA) is 86.7 Å². The second-order valence-electron chi connectivity index (χ2n) is 4.86. The average molecular weight is 262 g/mol. The SMILES string of the molecule is CNS(=O)(=O)N1C2CCC1CC(CC(=O)O)C2. The number of hydrogen-bond donors (Lipinski definition) is 2. The Kier molecular flexibility index (Phi) is 3.42. The molecule has 17 heavy (non-hydrogen) atoms. The van der Waals surface area contributed by atoms with E-state index in [1.54, 1.807) is 4.31 Å². The summed E-state index contributed by atoms with van der Waals surface area (Å²) in [5.41, 5.74) is 0. The van der Waals surface area contributed by atoms with Crippen LogP contribution in [0.2, 0.25) is 0 Å². The summed E-state index contributed by atoms with van der Waals surface area (Å²) in [5, 5.41) is 8.79. The second-order valence-corrected chi connectivity index (χ2v) is 6.64. The Bertz CT molecular complexity index is 395. The van der Waals surface area contributed by atoms with E-state index in [9.17, 15) is 13.2 Å². The number of nitrogens with zero attached hydrogens (tertiary/aromatic N) is 1. The largest absolute Gasteiger partial charge is 0.481 e. The summed E-state index contributed by atoms with van der Waals surface area (Å²) in [5.74, 6) is -0.673. The molecule has 2 unspecified atom stereocenters. The lowest BCUT2D eigenvalue weighted by atomic mass is 9.90. The number of carbonyl (C=O) groups is 1. The van der Waals surface area contributed by atoms with E-state index >= 15 is 0 Å². The Morgan fingerprint density at radius 2 is 1.88 bits per heavy atom. The van der Waals surface area contributed by atoms with Gasteiger partial charge in [0.2, 0.25) is 0 Å². The van der Waals surface area contributed by atoms with E-state index in [-0.39, 0.29) is 24.4 Å². The van der Waals surface area contributed by atoms with E-state index in [1.165, 1.54) is 7.05 Å². The average Bonchev–Trinajstić information content (AvgIpc) is 2.51. The van der Waals surface area contributed by atoms with Gasteiger partial charge in [0.1, 0.15) is 0 Å². The van der Waals surface area contributed by atoms with Gasteiger partial charge < -0.3 is 5.11 Å². The minimum atomic E-state index is -3.37. The van der Waals surface area contributed by atoms with Gasteiger partial charge >= 0.3 is 5.97 Å². The molecule has 0 aliphatic carbocycles. The molecule has 2 heterocycles. The Morgan fingerprint density at radius 3 is 2.29 bits per heavy atom. The first-order chi connectivity index (χ1) is 7.94.